The first-order valence-corrected chi connectivity index (χ1v) is 10.3. The van der Waals surface area contributed by atoms with Gasteiger partial charge in [0.05, 0.1) is 11.5 Å². The summed E-state index contributed by atoms with van der Waals surface area (Å²) < 4.78 is 12.4. The summed E-state index contributed by atoms with van der Waals surface area (Å²) in [6, 6.07) is 0. The largest absolute Gasteiger partial charge is 0.462 e. The van der Waals surface area contributed by atoms with E-state index in [9.17, 15) is 9.90 Å². The first-order valence-electron chi connectivity index (χ1n) is 10.3. The molecule has 4 heteroatoms. The molecule has 2 heterocycles. The highest BCUT2D eigenvalue weighted by Crippen LogP contribution is 2.99. The molecule has 8 aliphatic carbocycles. The van der Waals surface area contributed by atoms with Crippen LogP contribution < -0.4 is 0 Å². The Kier molecular flexibility index (Phi) is 1.44. The van der Waals surface area contributed by atoms with Gasteiger partial charge in [0.25, 0.3) is 0 Å². The van der Waals surface area contributed by atoms with Gasteiger partial charge in [0.1, 0.15) is 6.10 Å². The standard InChI is InChI=1S/C20H22O4/c21-17-19-13-5-1-3-7-9(5)15-11(13)12-14(20(15,19)18(22)23-7)6-2-4-8(24-17)10(6)16(12)19/h5-17,21H,1-4H2/t5-,6-,7-,8+,9+,10-,11+,12+,13+,14-,15+,16+,17+,19-,20-/m1/s1. The Balaban J connectivity index is 1.44. The molecule has 0 radical (unpaired) electrons. The topological polar surface area (TPSA) is 55.8 Å². The monoisotopic (exact) mass is 326 g/mol. The molecule has 2 aliphatic heterocycles. The van der Waals surface area contributed by atoms with E-state index in [1.165, 1.54) is 12.8 Å². The number of aliphatic hydroxyl groups is 1. The molecule has 1 N–H and O–H groups in total. The predicted octanol–water partition coefficient (Wildman–Crippen LogP) is 1.42. The zero-order valence-electron chi connectivity index (χ0n) is 13.5. The van der Waals surface area contributed by atoms with Gasteiger partial charge in [0.2, 0.25) is 0 Å². The van der Waals surface area contributed by atoms with Crippen LogP contribution in [0.4, 0.5) is 0 Å². The van der Waals surface area contributed by atoms with Crippen LogP contribution in [0.1, 0.15) is 25.7 Å². The molecule has 24 heavy (non-hydrogen) atoms. The van der Waals surface area contributed by atoms with Crippen LogP contribution in [0.3, 0.4) is 0 Å². The summed E-state index contributed by atoms with van der Waals surface area (Å²) in [4.78, 5) is 13.6. The maximum atomic E-state index is 13.6. The van der Waals surface area contributed by atoms with Crippen molar-refractivity contribution in [1.82, 2.24) is 0 Å². The molecule has 0 aromatic rings. The highest BCUT2D eigenvalue weighted by Gasteiger charge is 3.02. The number of carbonyl (C=O) groups excluding carboxylic acids is 1. The molecular weight excluding hydrogens is 304 g/mol. The number of aliphatic hydroxyl groups excluding tert-OH is 1. The van der Waals surface area contributed by atoms with Crippen LogP contribution in [0, 0.1) is 70.0 Å². The first kappa shape index (κ1) is 11.9. The fraction of sp³-hybridized carbons (Fsp3) is 0.950. The van der Waals surface area contributed by atoms with Crippen molar-refractivity contribution in [2.24, 2.45) is 70.0 Å². The number of ether oxygens (including phenoxy) is 2. The van der Waals surface area contributed by atoms with E-state index in [1.54, 1.807) is 0 Å². The van der Waals surface area contributed by atoms with Gasteiger partial charge in [-0.2, -0.15) is 0 Å². The molecule has 126 valence electrons. The minimum atomic E-state index is -0.707. The van der Waals surface area contributed by atoms with E-state index in [0.717, 1.165) is 12.8 Å². The molecule has 0 amide bonds. The van der Waals surface area contributed by atoms with E-state index >= 15 is 0 Å². The van der Waals surface area contributed by atoms with Crippen LogP contribution in [0.2, 0.25) is 0 Å². The first-order chi connectivity index (χ1) is 11.7. The normalized spacial score (nSPS) is 81.9. The molecule has 0 aromatic heterocycles. The van der Waals surface area contributed by atoms with Gasteiger partial charge in [-0.3, -0.25) is 4.79 Å². The van der Waals surface area contributed by atoms with E-state index in [1.807, 2.05) is 0 Å². The number of carbonyl (C=O) groups is 1. The van der Waals surface area contributed by atoms with E-state index in [4.69, 9.17) is 9.47 Å². The Morgan fingerprint density at radius 2 is 1.54 bits per heavy atom. The summed E-state index contributed by atoms with van der Waals surface area (Å²) in [6.07, 6.45) is 4.37. The van der Waals surface area contributed by atoms with Gasteiger partial charge in [-0.15, -0.1) is 0 Å². The van der Waals surface area contributed by atoms with Gasteiger partial charge in [-0.1, -0.05) is 0 Å². The van der Waals surface area contributed by atoms with E-state index in [-0.39, 0.29) is 29.0 Å². The third-order valence-electron chi connectivity index (χ3n) is 11.5. The molecule has 15 atom stereocenters. The van der Waals surface area contributed by atoms with Crippen LogP contribution in [0.5, 0.6) is 0 Å². The minimum absolute atomic E-state index is 0.100. The van der Waals surface area contributed by atoms with Crippen molar-refractivity contribution in [3.63, 3.8) is 0 Å². The third-order valence-corrected chi connectivity index (χ3v) is 11.5. The Hall–Kier alpha value is -0.610. The zero-order chi connectivity index (χ0) is 15.3. The van der Waals surface area contributed by atoms with Gasteiger partial charge in [0, 0.05) is 11.3 Å². The molecule has 10 rings (SSSR count). The van der Waals surface area contributed by atoms with Gasteiger partial charge < -0.3 is 14.6 Å². The Morgan fingerprint density at radius 1 is 0.833 bits per heavy atom. The second kappa shape index (κ2) is 2.90. The SMILES string of the molecule is O=C1O[C@@H]2CC[C@@H]3[C@@H]2[C@H]2[C@H]4[C@H]5[C@H]6[C@@H]7CC[C@@H]8O[C@H](O)[C@]([C@H]5[C@H]78)([C@@H]34)[C@@]126. The minimum Gasteiger partial charge on any atom is -0.462 e. The molecule has 8 saturated carbocycles. The number of hydrogen-bond acceptors (Lipinski definition) is 4. The molecule has 10 aliphatic rings. The van der Waals surface area contributed by atoms with Gasteiger partial charge in [-0.25, -0.2) is 0 Å². The summed E-state index contributed by atoms with van der Waals surface area (Å²) in [5, 5.41) is 11.4. The van der Waals surface area contributed by atoms with Gasteiger partial charge in [0.15, 0.2) is 6.29 Å². The van der Waals surface area contributed by atoms with E-state index in [2.05, 4.69) is 0 Å². The fourth-order valence-corrected chi connectivity index (χ4v) is 12.3. The van der Waals surface area contributed by atoms with E-state index in [0.29, 0.717) is 59.2 Å². The van der Waals surface area contributed by atoms with Crippen molar-refractivity contribution in [3.8, 4) is 0 Å². The molecule has 8 bridgehead atoms. The Morgan fingerprint density at radius 3 is 2.42 bits per heavy atom. The average molecular weight is 326 g/mol. The quantitative estimate of drug-likeness (QED) is 0.684. The summed E-state index contributed by atoms with van der Waals surface area (Å²) >= 11 is 0. The molecular formula is C20H22O4. The lowest BCUT2D eigenvalue weighted by atomic mass is 9.42. The van der Waals surface area contributed by atoms with Crippen molar-refractivity contribution in [1.29, 1.82) is 0 Å². The van der Waals surface area contributed by atoms with Gasteiger partial charge >= 0.3 is 5.97 Å². The molecule has 4 nitrogen and oxygen atoms in total. The number of rotatable bonds is 0. The van der Waals surface area contributed by atoms with E-state index < -0.39 is 6.29 Å². The number of hydrogen-bond donors (Lipinski definition) is 1. The Bertz CT molecular complexity index is 747. The lowest BCUT2D eigenvalue weighted by Gasteiger charge is -2.65. The van der Waals surface area contributed by atoms with Crippen molar-refractivity contribution in [2.75, 3.05) is 0 Å². The average Bonchev–Trinajstić information content (AvgIpc) is 3.34. The maximum absolute atomic E-state index is 13.6. The third kappa shape index (κ3) is 0.680. The molecule has 10 fully saturated rings. The molecule has 0 aromatic carbocycles. The highest BCUT2D eigenvalue weighted by atomic mass is 16.6. The van der Waals surface area contributed by atoms with Gasteiger partial charge in [-0.05, 0) is 78.9 Å². The zero-order valence-corrected chi connectivity index (χ0v) is 13.5. The summed E-state index contributed by atoms with van der Waals surface area (Å²) in [5.74, 6) is 6.37. The predicted molar refractivity (Wildman–Crippen MR) is 79.0 cm³/mol. The number of esters is 1. The Labute approximate surface area is 140 Å². The maximum Gasteiger partial charge on any atom is 0.313 e. The van der Waals surface area contributed by atoms with Crippen LogP contribution >= 0.6 is 0 Å². The summed E-state index contributed by atoms with van der Waals surface area (Å²) in [7, 11) is 0. The fourth-order valence-electron chi connectivity index (χ4n) is 12.3. The highest BCUT2D eigenvalue weighted by molar-refractivity contribution is 5.85. The van der Waals surface area contributed by atoms with Crippen LogP contribution in [0.25, 0.3) is 0 Å². The smallest absolute Gasteiger partial charge is 0.313 e. The van der Waals surface area contributed by atoms with Crippen LogP contribution in [0.15, 0.2) is 0 Å². The molecule has 2 saturated heterocycles. The van der Waals surface area contributed by atoms with Crippen LogP contribution in [-0.4, -0.2) is 29.6 Å². The second-order valence-electron chi connectivity index (χ2n) is 10.7. The second-order valence-corrected chi connectivity index (χ2v) is 10.7. The van der Waals surface area contributed by atoms with Crippen LogP contribution in [-0.2, 0) is 14.3 Å². The molecule has 2 spiro atoms. The van der Waals surface area contributed by atoms with Crippen molar-refractivity contribution < 1.29 is 19.4 Å². The van der Waals surface area contributed by atoms with Crippen molar-refractivity contribution in [3.05, 3.63) is 0 Å². The van der Waals surface area contributed by atoms with Crippen molar-refractivity contribution in [2.45, 2.75) is 44.2 Å². The summed E-state index contributed by atoms with van der Waals surface area (Å²) in [5.41, 5.74) is -0.608. The lowest BCUT2D eigenvalue weighted by Crippen LogP contribution is -2.72. The summed E-state index contributed by atoms with van der Waals surface area (Å²) in [6.45, 7) is 0. The molecule has 0 unspecified atom stereocenters. The van der Waals surface area contributed by atoms with Crippen molar-refractivity contribution >= 4 is 5.97 Å². The lowest BCUT2D eigenvalue weighted by molar-refractivity contribution is -0.335.